The minimum atomic E-state index is -2.31. The largest absolute Gasteiger partial charge is 0.459 e. The summed E-state index contributed by atoms with van der Waals surface area (Å²) in [4.78, 5) is 137. The number of alkyl carbamates (subject to hydrolysis) is 1. The third kappa shape index (κ3) is 24.5. The standard InChI is InChI=1S/C49H82N12O15/c1-12-26(6)33(43(70)60-34(28(8)62)42(69)54-22-32(63)58-36(38(65)39(50)66)44(71)55-27(7)46(73)75-23-29-17-14-13-15-18-29)59-40(67)30(19-16-20-53-47(51)52)56-41(68)31(21-24(2)3)57-45(72)35(37(64)25(4)5)61-48(74)76-49(9,10)11/h13-15,17-18,24-28,30-31,33-38,62,64-65H,12,16,19-23H2,1-11H3,(H2,50,66)(H,54,69)(H,55,71)(H,56,68)(H,57,72)(H,58,63)(H,59,67)(H,60,70)(H,61,74)(H4,51,52,53)/t26-,27-,28-,30+,31-,33-,34-,35-,36-,37+,38-/m0/s1. The smallest absolute Gasteiger partial charge is 0.408 e. The Labute approximate surface area is 443 Å². The molecule has 0 spiro atoms. The van der Waals surface area contributed by atoms with Crippen molar-refractivity contribution in [1.82, 2.24) is 42.5 Å². The van der Waals surface area contributed by atoms with Gasteiger partial charge in [-0.05, 0) is 77.2 Å². The number of aliphatic hydroxyl groups excluding tert-OH is 3. The molecule has 1 aromatic rings. The van der Waals surface area contributed by atoms with E-state index < -0.39 is 144 Å². The molecular weight excluding hydrogens is 997 g/mol. The Morgan fingerprint density at radius 2 is 1.21 bits per heavy atom. The Balaban J connectivity index is 3.33. The maximum absolute atomic E-state index is 14.2. The number of nitrogens with two attached hydrogens (primary N) is 3. The fraction of sp³-hybridized carbons (Fsp3) is 0.653. The summed E-state index contributed by atoms with van der Waals surface area (Å²) < 4.78 is 10.5. The highest BCUT2D eigenvalue weighted by Gasteiger charge is 2.39. The van der Waals surface area contributed by atoms with E-state index in [2.05, 4.69) is 47.5 Å². The molecule has 17 N–H and O–H groups in total. The summed E-state index contributed by atoms with van der Waals surface area (Å²) in [6, 6.07) is -2.32. The van der Waals surface area contributed by atoms with Gasteiger partial charge in [0.2, 0.25) is 47.3 Å². The lowest BCUT2D eigenvalue weighted by molar-refractivity contribution is -0.149. The molecule has 0 aromatic heterocycles. The van der Waals surface area contributed by atoms with Gasteiger partial charge in [0.25, 0.3) is 0 Å². The number of hydrogen-bond acceptors (Lipinski definition) is 16. The van der Waals surface area contributed by atoms with Crippen LogP contribution in [0.25, 0.3) is 0 Å². The molecule has 9 amide bonds. The quantitative estimate of drug-likeness (QED) is 0.0153. The molecule has 27 nitrogen and oxygen atoms in total. The molecular formula is C49H82N12O15. The van der Waals surface area contributed by atoms with E-state index >= 15 is 0 Å². The number of ether oxygens (including phenoxy) is 2. The highest BCUT2D eigenvalue weighted by Crippen LogP contribution is 2.15. The van der Waals surface area contributed by atoms with Gasteiger partial charge < -0.3 is 84.5 Å². The van der Waals surface area contributed by atoms with E-state index in [1.165, 1.54) is 6.92 Å². The average molecular weight is 1080 g/mol. The van der Waals surface area contributed by atoms with Gasteiger partial charge in [-0.25, -0.2) is 9.59 Å². The van der Waals surface area contributed by atoms with Crippen LogP contribution in [0.4, 0.5) is 4.79 Å². The second-order valence-corrected chi connectivity index (χ2v) is 20.1. The highest BCUT2D eigenvalue weighted by molar-refractivity contribution is 5.98. The van der Waals surface area contributed by atoms with Crippen molar-refractivity contribution in [3.8, 4) is 0 Å². The fourth-order valence-corrected chi connectivity index (χ4v) is 6.91. The SMILES string of the molecule is CC[C@H](C)[C@H](NC(=O)[C@@H](CCCN=C(N)N)NC(=O)[C@H](CC(C)C)NC(=O)[C@@H](NC(=O)OC(C)(C)C)[C@H](O)C(C)C)C(=O)N[C@H](C(=O)NCC(=O)N[C@H](C(=O)N[C@@H](C)C(=O)OCc1ccccc1)[C@H](O)C(N)=O)[C@H](C)O. The number of nitrogens with one attached hydrogen (secondary N) is 8. The van der Waals surface area contributed by atoms with Gasteiger partial charge in [-0.3, -0.25) is 43.3 Å². The van der Waals surface area contributed by atoms with E-state index in [-0.39, 0.29) is 50.7 Å². The summed E-state index contributed by atoms with van der Waals surface area (Å²) in [5.74, 6) is -11.1. The van der Waals surface area contributed by atoms with Crippen LogP contribution in [0, 0.1) is 17.8 Å². The van der Waals surface area contributed by atoms with Crippen molar-refractivity contribution in [2.24, 2.45) is 39.9 Å². The van der Waals surface area contributed by atoms with Crippen molar-refractivity contribution in [2.75, 3.05) is 13.1 Å². The number of primary amides is 1. The topological polar surface area (TPSA) is 437 Å². The normalized spacial score (nSPS) is 15.7. The van der Waals surface area contributed by atoms with Crippen molar-refractivity contribution >= 4 is 65.3 Å². The van der Waals surface area contributed by atoms with Crippen LogP contribution in [0.5, 0.6) is 0 Å². The molecule has 27 heteroatoms. The number of nitrogens with zero attached hydrogens (tertiary/aromatic N) is 1. The van der Waals surface area contributed by atoms with Crippen LogP contribution in [-0.4, -0.2) is 160 Å². The van der Waals surface area contributed by atoms with Crippen molar-refractivity contribution < 1.29 is 72.7 Å². The maximum Gasteiger partial charge on any atom is 0.408 e. The predicted molar refractivity (Wildman–Crippen MR) is 276 cm³/mol. The van der Waals surface area contributed by atoms with Crippen LogP contribution in [0.1, 0.15) is 107 Å². The zero-order valence-corrected chi connectivity index (χ0v) is 45.3. The van der Waals surface area contributed by atoms with Crippen molar-refractivity contribution in [3.63, 3.8) is 0 Å². The third-order valence-electron chi connectivity index (χ3n) is 11.3. The predicted octanol–water partition coefficient (Wildman–Crippen LogP) is -2.94. The van der Waals surface area contributed by atoms with Crippen LogP contribution in [-0.2, 0) is 59.2 Å². The summed E-state index contributed by atoms with van der Waals surface area (Å²) in [6.45, 7) is 16.2. The first kappa shape index (κ1) is 66.9. The van der Waals surface area contributed by atoms with Crippen LogP contribution >= 0.6 is 0 Å². The number of aliphatic hydroxyl groups is 3. The molecule has 0 aliphatic heterocycles. The molecule has 0 unspecified atom stereocenters. The second-order valence-electron chi connectivity index (χ2n) is 20.1. The number of benzene rings is 1. The molecule has 1 aromatic carbocycles. The molecule has 0 radical (unpaired) electrons. The molecule has 76 heavy (non-hydrogen) atoms. The Morgan fingerprint density at radius 1 is 0.658 bits per heavy atom. The fourth-order valence-electron chi connectivity index (χ4n) is 6.91. The summed E-state index contributed by atoms with van der Waals surface area (Å²) in [7, 11) is 0. The number of carbonyl (C=O) groups is 10. The zero-order chi connectivity index (χ0) is 58.2. The van der Waals surface area contributed by atoms with Crippen LogP contribution < -0.4 is 59.7 Å². The van der Waals surface area contributed by atoms with Crippen molar-refractivity contribution in [1.29, 1.82) is 0 Å². The van der Waals surface area contributed by atoms with Gasteiger partial charge in [0.1, 0.15) is 54.5 Å². The highest BCUT2D eigenvalue weighted by atomic mass is 16.6. The van der Waals surface area contributed by atoms with E-state index in [0.29, 0.717) is 5.56 Å². The van der Waals surface area contributed by atoms with E-state index in [0.717, 1.165) is 6.92 Å². The van der Waals surface area contributed by atoms with Gasteiger partial charge in [0.15, 0.2) is 12.1 Å². The average Bonchev–Trinajstić information content (AvgIpc) is 3.33. The minimum absolute atomic E-state index is 0.0164. The molecule has 428 valence electrons. The number of hydrogen-bond donors (Lipinski definition) is 14. The van der Waals surface area contributed by atoms with E-state index in [1.54, 1.807) is 92.6 Å². The van der Waals surface area contributed by atoms with Crippen LogP contribution in [0.2, 0.25) is 0 Å². The molecule has 11 atom stereocenters. The van der Waals surface area contributed by atoms with Crippen LogP contribution in [0.15, 0.2) is 35.3 Å². The van der Waals surface area contributed by atoms with Gasteiger partial charge in [0.05, 0.1) is 18.8 Å². The second kappa shape index (κ2) is 32.3. The molecule has 0 heterocycles. The first-order valence-electron chi connectivity index (χ1n) is 25.0. The lowest BCUT2D eigenvalue weighted by Crippen LogP contribution is -2.62. The Hall–Kier alpha value is -7.13. The number of esters is 1. The van der Waals surface area contributed by atoms with Gasteiger partial charge in [0, 0.05) is 6.54 Å². The lowest BCUT2D eigenvalue weighted by Gasteiger charge is -2.31. The summed E-state index contributed by atoms with van der Waals surface area (Å²) in [5.41, 5.74) is 15.9. The molecule has 0 aliphatic rings. The molecule has 0 aliphatic carbocycles. The van der Waals surface area contributed by atoms with Gasteiger partial charge in [-0.15, -0.1) is 0 Å². The summed E-state index contributed by atoms with van der Waals surface area (Å²) in [6.07, 6.45) is -6.05. The molecule has 1 rings (SSSR count). The molecule has 0 saturated heterocycles. The summed E-state index contributed by atoms with van der Waals surface area (Å²) >= 11 is 0. The number of carbonyl (C=O) groups excluding carboxylic acids is 10. The van der Waals surface area contributed by atoms with Crippen molar-refractivity contribution in [2.45, 2.75) is 175 Å². The summed E-state index contributed by atoms with van der Waals surface area (Å²) in [5, 5.41) is 51.1. The monoisotopic (exact) mass is 1080 g/mol. The number of guanidine groups is 1. The molecule has 0 saturated carbocycles. The first-order valence-corrected chi connectivity index (χ1v) is 25.0. The minimum Gasteiger partial charge on any atom is -0.459 e. The van der Waals surface area contributed by atoms with E-state index in [4.69, 9.17) is 26.7 Å². The maximum atomic E-state index is 14.2. The van der Waals surface area contributed by atoms with Crippen LogP contribution in [0.3, 0.4) is 0 Å². The van der Waals surface area contributed by atoms with E-state index in [1.807, 2.05) is 0 Å². The Morgan fingerprint density at radius 3 is 1.74 bits per heavy atom. The van der Waals surface area contributed by atoms with Gasteiger partial charge in [-0.2, -0.15) is 0 Å². The van der Waals surface area contributed by atoms with Gasteiger partial charge >= 0.3 is 12.1 Å². The molecule has 0 bridgehead atoms. The Bertz CT molecular complexity index is 2150. The van der Waals surface area contributed by atoms with Gasteiger partial charge in [-0.1, -0.05) is 78.3 Å². The Kier molecular flexibility index (Phi) is 28.5. The zero-order valence-electron chi connectivity index (χ0n) is 45.3. The third-order valence-corrected chi connectivity index (χ3v) is 11.3. The number of rotatable bonds is 31. The number of amides is 9. The van der Waals surface area contributed by atoms with Crippen molar-refractivity contribution in [3.05, 3.63) is 35.9 Å². The molecule has 0 fully saturated rings. The lowest BCUT2D eigenvalue weighted by atomic mass is 9.96. The number of aliphatic imine (C=N–C) groups is 1. The van der Waals surface area contributed by atoms with E-state index in [9.17, 15) is 63.3 Å². The first-order chi connectivity index (χ1) is 35.3.